The highest BCUT2D eigenvalue weighted by Crippen LogP contribution is 2.21. The van der Waals surface area contributed by atoms with Crippen LogP contribution in [0.2, 0.25) is 0 Å². The van der Waals surface area contributed by atoms with Crippen LogP contribution in [-0.4, -0.2) is 34.2 Å². The highest BCUT2D eigenvalue weighted by atomic mass is 16.3. The van der Waals surface area contributed by atoms with E-state index in [0.717, 1.165) is 30.1 Å². The first-order valence-corrected chi connectivity index (χ1v) is 6.33. The van der Waals surface area contributed by atoms with Gasteiger partial charge in [0.05, 0.1) is 12.3 Å². The van der Waals surface area contributed by atoms with Crippen LogP contribution in [0.25, 0.3) is 5.65 Å². The van der Waals surface area contributed by atoms with E-state index in [1.165, 1.54) is 0 Å². The first-order valence-electron chi connectivity index (χ1n) is 6.33. The molecule has 0 spiro atoms. The summed E-state index contributed by atoms with van der Waals surface area (Å²) in [6.45, 7) is 4.13. The van der Waals surface area contributed by atoms with Crippen molar-refractivity contribution in [2.45, 2.75) is 19.9 Å². The quantitative estimate of drug-likeness (QED) is 0.800. The largest absolute Gasteiger partial charge is 0.395 e. The summed E-state index contributed by atoms with van der Waals surface area (Å²) < 4.78 is 2.01. The summed E-state index contributed by atoms with van der Waals surface area (Å²) in [5.74, 6) is 0.889. The average molecular weight is 248 g/mol. The van der Waals surface area contributed by atoms with Crippen molar-refractivity contribution in [3.8, 4) is 0 Å². The fourth-order valence-corrected chi connectivity index (χ4v) is 2.19. The number of hydrogen-bond acceptors (Lipinski definition) is 4. The Hall–Kier alpha value is -1.59. The van der Waals surface area contributed by atoms with E-state index in [2.05, 4.69) is 16.8 Å². The van der Waals surface area contributed by atoms with Crippen molar-refractivity contribution in [3.05, 3.63) is 30.1 Å². The number of nitrogens with zero attached hydrogens (tertiary/aromatic N) is 3. The molecule has 18 heavy (non-hydrogen) atoms. The first kappa shape index (κ1) is 12.9. The van der Waals surface area contributed by atoms with Crippen molar-refractivity contribution < 1.29 is 5.11 Å². The molecular weight excluding hydrogens is 228 g/mol. The van der Waals surface area contributed by atoms with Gasteiger partial charge in [0.25, 0.3) is 0 Å². The van der Waals surface area contributed by atoms with Crippen molar-refractivity contribution in [1.29, 1.82) is 0 Å². The number of rotatable bonds is 6. The smallest absolute Gasteiger partial charge is 0.152 e. The summed E-state index contributed by atoms with van der Waals surface area (Å²) in [7, 11) is 0. The monoisotopic (exact) mass is 248 g/mol. The third-order valence-corrected chi connectivity index (χ3v) is 2.96. The summed E-state index contributed by atoms with van der Waals surface area (Å²) in [4.78, 5) is 6.71. The maximum Gasteiger partial charge on any atom is 0.152 e. The van der Waals surface area contributed by atoms with Crippen molar-refractivity contribution in [2.75, 3.05) is 24.6 Å². The number of aliphatic hydroxyl groups is 1. The molecule has 5 nitrogen and oxygen atoms in total. The Morgan fingerprint density at radius 3 is 2.89 bits per heavy atom. The van der Waals surface area contributed by atoms with E-state index in [1.807, 2.05) is 28.8 Å². The molecule has 0 amide bonds. The molecule has 2 heterocycles. The van der Waals surface area contributed by atoms with E-state index in [1.54, 1.807) is 0 Å². The Kier molecular flexibility index (Phi) is 4.17. The highest BCUT2D eigenvalue weighted by molar-refractivity contribution is 5.55. The van der Waals surface area contributed by atoms with Crippen LogP contribution in [0.3, 0.4) is 0 Å². The first-order chi connectivity index (χ1) is 8.81. The lowest BCUT2D eigenvalue weighted by atomic mass is 10.3. The van der Waals surface area contributed by atoms with Gasteiger partial charge in [-0.05, 0) is 18.6 Å². The van der Waals surface area contributed by atoms with Gasteiger partial charge in [-0.3, -0.25) is 0 Å². The topological polar surface area (TPSA) is 66.8 Å². The minimum Gasteiger partial charge on any atom is -0.395 e. The second-order valence-electron chi connectivity index (χ2n) is 4.23. The third kappa shape index (κ3) is 2.32. The van der Waals surface area contributed by atoms with Gasteiger partial charge < -0.3 is 20.1 Å². The second-order valence-corrected chi connectivity index (χ2v) is 4.23. The average Bonchev–Trinajstić information content (AvgIpc) is 2.76. The van der Waals surface area contributed by atoms with Crippen LogP contribution in [0.1, 0.15) is 19.0 Å². The number of pyridine rings is 1. The van der Waals surface area contributed by atoms with Crippen molar-refractivity contribution >= 4 is 11.5 Å². The summed E-state index contributed by atoms with van der Waals surface area (Å²) in [6, 6.07) is 5.89. The van der Waals surface area contributed by atoms with Gasteiger partial charge in [0.2, 0.25) is 0 Å². The molecule has 5 heteroatoms. The van der Waals surface area contributed by atoms with Gasteiger partial charge in [-0.2, -0.15) is 0 Å². The Bertz CT molecular complexity index is 503. The summed E-state index contributed by atoms with van der Waals surface area (Å²) in [6.07, 6.45) is 2.98. The van der Waals surface area contributed by atoms with Crippen LogP contribution in [0.5, 0.6) is 0 Å². The molecule has 0 saturated carbocycles. The molecule has 0 aliphatic heterocycles. The molecule has 0 bridgehead atoms. The van der Waals surface area contributed by atoms with E-state index in [-0.39, 0.29) is 6.61 Å². The molecular formula is C13H20N4O. The number of imidazole rings is 1. The molecule has 0 aromatic carbocycles. The zero-order valence-corrected chi connectivity index (χ0v) is 10.7. The Morgan fingerprint density at radius 1 is 1.39 bits per heavy atom. The zero-order valence-electron chi connectivity index (χ0n) is 10.7. The van der Waals surface area contributed by atoms with Crippen LogP contribution < -0.4 is 10.6 Å². The van der Waals surface area contributed by atoms with E-state index < -0.39 is 0 Å². The van der Waals surface area contributed by atoms with Crippen LogP contribution in [-0.2, 0) is 6.54 Å². The van der Waals surface area contributed by atoms with Crippen molar-refractivity contribution in [2.24, 2.45) is 5.73 Å². The molecule has 2 aromatic rings. The van der Waals surface area contributed by atoms with Crippen LogP contribution in [0, 0.1) is 0 Å². The fourth-order valence-electron chi connectivity index (χ4n) is 2.19. The highest BCUT2D eigenvalue weighted by Gasteiger charge is 2.16. The molecule has 0 unspecified atom stereocenters. The second kappa shape index (κ2) is 5.84. The molecule has 0 saturated heterocycles. The number of fused-ring (bicyclic) bond motifs is 1. The Labute approximate surface area is 107 Å². The van der Waals surface area contributed by atoms with Crippen LogP contribution >= 0.6 is 0 Å². The number of aliphatic hydroxyl groups excluding tert-OH is 1. The minimum absolute atomic E-state index is 0.123. The van der Waals surface area contributed by atoms with Gasteiger partial charge in [0.1, 0.15) is 5.65 Å². The van der Waals surface area contributed by atoms with Gasteiger partial charge in [0.15, 0.2) is 5.82 Å². The molecule has 0 aliphatic carbocycles. The molecule has 0 radical (unpaired) electrons. The standard InChI is InChI=1S/C13H20N4O/c1-2-6-16(8-9-18)13-11(10-14)17-7-4-3-5-12(17)15-13/h3-5,7,18H,2,6,8-10,14H2,1H3. The van der Waals surface area contributed by atoms with E-state index in [4.69, 9.17) is 10.8 Å². The predicted molar refractivity (Wildman–Crippen MR) is 72.7 cm³/mol. The molecule has 2 rings (SSSR count). The predicted octanol–water partition coefficient (Wildman–Crippen LogP) is 1.00. The molecule has 98 valence electrons. The van der Waals surface area contributed by atoms with E-state index in [9.17, 15) is 0 Å². The normalized spacial score (nSPS) is 11.1. The lowest BCUT2D eigenvalue weighted by Crippen LogP contribution is -2.29. The Balaban J connectivity index is 2.47. The number of anilines is 1. The zero-order chi connectivity index (χ0) is 13.0. The van der Waals surface area contributed by atoms with E-state index >= 15 is 0 Å². The maximum atomic E-state index is 9.16. The van der Waals surface area contributed by atoms with Gasteiger partial charge in [-0.25, -0.2) is 4.98 Å². The summed E-state index contributed by atoms with van der Waals surface area (Å²) in [5.41, 5.74) is 7.73. The van der Waals surface area contributed by atoms with Crippen molar-refractivity contribution in [1.82, 2.24) is 9.38 Å². The molecule has 0 atom stereocenters. The fraction of sp³-hybridized carbons (Fsp3) is 0.462. The molecule has 0 aliphatic rings. The van der Waals surface area contributed by atoms with Crippen LogP contribution in [0.4, 0.5) is 5.82 Å². The number of hydrogen-bond donors (Lipinski definition) is 2. The lowest BCUT2D eigenvalue weighted by molar-refractivity contribution is 0.301. The third-order valence-electron chi connectivity index (χ3n) is 2.96. The lowest BCUT2D eigenvalue weighted by Gasteiger charge is -2.21. The van der Waals surface area contributed by atoms with Gasteiger partial charge in [-0.1, -0.05) is 13.0 Å². The van der Waals surface area contributed by atoms with Gasteiger partial charge in [-0.15, -0.1) is 0 Å². The molecule has 3 N–H and O–H groups in total. The summed E-state index contributed by atoms with van der Waals surface area (Å²) >= 11 is 0. The Morgan fingerprint density at radius 2 is 2.22 bits per heavy atom. The van der Waals surface area contributed by atoms with Gasteiger partial charge in [0, 0.05) is 25.8 Å². The number of nitrogens with two attached hydrogens (primary N) is 1. The minimum atomic E-state index is 0.123. The SMILES string of the molecule is CCCN(CCO)c1nc2ccccn2c1CN. The molecule has 2 aromatic heterocycles. The van der Waals surface area contributed by atoms with E-state index in [0.29, 0.717) is 13.1 Å². The molecule has 0 fully saturated rings. The summed E-state index contributed by atoms with van der Waals surface area (Å²) in [5, 5.41) is 9.16. The van der Waals surface area contributed by atoms with Crippen LogP contribution in [0.15, 0.2) is 24.4 Å². The van der Waals surface area contributed by atoms with Crippen molar-refractivity contribution in [3.63, 3.8) is 0 Å². The maximum absolute atomic E-state index is 9.16. The number of aromatic nitrogens is 2. The van der Waals surface area contributed by atoms with Gasteiger partial charge >= 0.3 is 0 Å².